The van der Waals surface area contributed by atoms with Gasteiger partial charge >= 0.3 is 0 Å². The molecule has 0 bridgehead atoms. The van der Waals surface area contributed by atoms with Crippen LogP contribution in [0.25, 0.3) is 27.8 Å². The molecule has 2 aromatic rings. The van der Waals surface area contributed by atoms with Crippen molar-refractivity contribution < 1.29 is 5.11 Å². The van der Waals surface area contributed by atoms with Crippen LogP contribution in [0.2, 0.25) is 0 Å². The van der Waals surface area contributed by atoms with E-state index in [4.69, 9.17) is 0 Å². The van der Waals surface area contributed by atoms with Gasteiger partial charge < -0.3 is 10.1 Å². The Balaban J connectivity index is 2.05. The van der Waals surface area contributed by atoms with Gasteiger partial charge in [-0.25, -0.2) is 0 Å². The Morgan fingerprint density at radius 3 is 2.62 bits per heavy atom. The molecule has 0 aliphatic carbocycles. The van der Waals surface area contributed by atoms with Crippen LogP contribution in [0.15, 0.2) is 59.5 Å². The van der Waals surface area contributed by atoms with Crippen LogP contribution in [0.3, 0.4) is 0 Å². The number of aromatic nitrogens is 3. The van der Waals surface area contributed by atoms with E-state index in [9.17, 15) is 9.90 Å². The molecule has 4 rings (SSSR count). The fraction of sp³-hybridized carbons (Fsp3) is 0. The van der Waals surface area contributed by atoms with E-state index in [0.29, 0.717) is 16.9 Å². The third-order valence-corrected chi connectivity index (χ3v) is 3.53. The van der Waals surface area contributed by atoms with Gasteiger partial charge in [-0.05, 0) is 30.3 Å². The van der Waals surface area contributed by atoms with Crippen LogP contribution in [-0.2, 0) is 0 Å². The molecule has 0 spiro atoms. The lowest BCUT2D eigenvalue weighted by molar-refractivity contribution is 0.475. The van der Waals surface area contributed by atoms with Gasteiger partial charge in [-0.1, -0.05) is 18.2 Å². The van der Waals surface area contributed by atoms with Crippen LogP contribution in [-0.4, -0.2) is 19.9 Å². The quantitative estimate of drug-likeness (QED) is 0.561. The number of nitrogens with one attached hydrogen (secondary N) is 1. The molecule has 2 aromatic carbocycles. The summed E-state index contributed by atoms with van der Waals surface area (Å²) in [6.07, 6.45) is 1.68. The number of phenolic OH excluding ortho intramolecular Hbond substituents is 1. The zero-order valence-electron chi connectivity index (χ0n) is 10.9. The van der Waals surface area contributed by atoms with Crippen LogP contribution in [0.4, 0.5) is 0 Å². The molecule has 0 aromatic heterocycles. The average Bonchev–Trinajstić information content (AvgIpc) is 2.86. The summed E-state index contributed by atoms with van der Waals surface area (Å²) in [7, 11) is 0. The number of aromatic amines is 1. The summed E-state index contributed by atoms with van der Waals surface area (Å²) in [6, 6.07) is 14.1. The highest BCUT2D eigenvalue weighted by Crippen LogP contribution is 2.25. The molecule has 0 radical (unpaired) electrons. The zero-order chi connectivity index (χ0) is 14.4. The van der Waals surface area contributed by atoms with Gasteiger partial charge in [0.05, 0.1) is 11.3 Å². The molecule has 2 aliphatic heterocycles. The van der Waals surface area contributed by atoms with Gasteiger partial charge in [0, 0.05) is 17.1 Å². The molecule has 0 amide bonds. The van der Waals surface area contributed by atoms with E-state index in [1.165, 1.54) is 16.8 Å². The van der Waals surface area contributed by atoms with Crippen molar-refractivity contribution in [1.29, 1.82) is 0 Å². The van der Waals surface area contributed by atoms with Crippen molar-refractivity contribution in [2.24, 2.45) is 0 Å². The molecule has 0 unspecified atom stereocenters. The van der Waals surface area contributed by atoms with Crippen molar-refractivity contribution in [3.63, 3.8) is 0 Å². The number of para-hydroxylation sites is 1. The van der Waals surface area contributed by atoms with Crippen LogP contribution in [0.5, 0.6) is 5.75 Å². The molecule has 0 saturated heterocycles. The summed E-state index contributed by atoms with van der Waals surface area (Å²) in [5, 5.41) is 14.7. The zero-order valence-corrected chi connectivity index (χ0v) is 10.9. The van der Waals surface area contributed by atoms with Crippen LogP contribution < -0.4 is 5.56 Å². The molecule has 0 saturated carbocycles. The third-order valence-electron chi connectivity index (χ3n) is 3.53. The SMILES string of the molecule is O=c1c2c[nH]c3ccccc3c-2nn1-c1ccc(O)cc1. The molecular weight excluding hydrogens is 266 g/mol. The normalized spacial score (nSPS) is 11.2. The topological polar surface area (TPSA) is 70.9 Å². The van der Waals surface area contributed by atoms with Gasteiger partial charge in [0.1, 0.15) is 11.4 Å². The van der Waals surface area contributed by atoms with Gasteiger partial charge in [-0.15, -0.1) is 0 Å². The first kappa shape index (κ1) is 11.7. The average molecular weight is 277 g/mol. The first-order valence-electron chi connectivity index (χ1n) is 6.52. The van der Waals surface area contributed by atoms with Crippen LogP contribution in [0, 0.1) is 0 Å². The molecule has 2 N–H and O–H groups in total. The van der Waals surface area contributed by atoms with E-state index in [-0.39, 0.29) is 11.3 Å². The van der Waals surface area contributed by atoms with Crippen molar-refractivity contribution in [3.05, 3.63) is 65.1 Å². The third kappa shape index (κ3) is 1.71. The highest BCUT2D eigenvalue weighted by atomic mass is 16.3. The summed E-state index contributed by atoms with van der Waals surface area (Å²) < 4.78 is 1.35. The van der Waals surface area contributed by atoms with E-state index in [2.05, 4.69) is 10.1 Å². The first-order valence-corrected chi connectivity index (χ1v) is 6.52. The van der Waals surface area contributed by atoms with Gasteiger partial charge in [-0.3, -0.25) is 4.79 Å². The largest absolute Gasteiger partial charge is 0.508 e. The molecule has 0 fully saturated rings. The minimum atomic E-state index is -0.183. The highest BCUT2D eigenvalue weighted by Gasteiger charge is 2.18. The molecule has 5 heteroatoms. The van der Waals surface area contributed by atoms with Gasteiger partial charge in [0.15, 0.2) is 0 Å². The molecule has 102 valence electrons. The molecular formula is C16H11N3O2. The Hall–Kier alpha value is -3.08. The molecule has 2 aliphatic rings. The van der Waals surface area contributed by atoms with Gasteiger partial charge in [-0.2, -0.15) is 9.78 Å². The maximum Gasteiger partial charge on any atom is 0.282 e. The van der Waals surface area contributed by atoms with E-state index in [1.54, 1.807) is 18.3 Å². The summed E-state index contributed by atoms with van der Waals surface area (Å²) >= 11 is 0. The monoisotopic (exact) mass is 277 g/mol. The lowest BCUT2D eigenvalue weighted by Crippen LogP contribution is -2.14. The number of rotatable bonds is 1. The second-order valence-electron chi connectivity index (χ2n) is 4.83. The van der Waals surface area contributed by atoms with E-state index < -0.39 is 0 Å². The van der Waals surface area contributed by atoms with Crippen LogP contribution >= 0.6 is 0 Å². The van der Waals surface area contributed by atoms with Gasteiger partial charge in [0.25, 0.3) is 5.56 Å². The predicted octanol–water partition coefficient (Wildman–Crippen LogP) is 2.52. The summed E-state index contributed by atoms with van der Waals surface area (Å²) in [4.78, 5) is 15.6. The fourth-order valence-corrected chi connectivity index (χ4v) is 2.48. The number of pyridine rings is 1. The Labute approximate surface area is 119 Å². The Morgan fingerprint density at radius 2 is 1.81 bits per heavy atom. The number of benzene rings is 2. The fourth-order valence-electron chi connectivity index (χ4n) is 2.48. The van der Waals surface area contributed by atoms with Crippen molar-refractivity contribution in [2.75, 3.05) is 0 Å². The van der Waals surface area contributed by atoms with Crippen LogP contribution in [0.1, 0.15) is 0 Å². The summed E-state index contributed by atoms with van der Waals surface area (Å²) in [5.41, 5.74) is 2.58. The smallest absolute Gasteiger partial charge is 0.282 e. The Morgan fingerprint density at radius 1 is 1.05 bits per heavy atom. The standard InChI is InChI=1S/C16H11N3O2/c20-11-7-5-10(6-8-11)19-16(21)13-9-17-14-4-2-1-3-12(14)15(13)18-19/h1-9,17,20H. The lowest BCUT2D eigenvalue weighted by atomic mass is 10.1. The van der Waals surface area contributed by atoms with Crippen molar-refractivity contribution in [1.82, 2.24) is 14.8 Å². The van der Waals surface area contributed by atoms with Crippen molar-refractivity contribution >= 4 is 10.9 Å². The molecule has 2 heterocycles. The van der Waals surface area contributed by atoms with E-state index >= 15 is 0 Å². The maximum absolute atomic E-state index is 12.5. The van der Waals surface area contributed by atoms with Crippen molar-refractivity contribution in [3.8, 4) is 22.7 Å². The summed E-state index contributed by atoms with van der Waals surface area (Å²) in [5.74, 6) is 0.154. The number of phenols is 1. The minimum absolute atomic E-state index is 0.154. The van der Waals surface area contributed by atoms with E-state index in [0.717, 1.165) is 10.9 Å². The minimum Gasteiger partial charge on any atom is -0.508 e. The number of aromatic hydroxyl groups is 1. The second-order valence-corrected chi connectivity index (χ2v) is 4.83. The van der Waals surface area contributed by atoms with E-state index in [1.807, 2.05) is 24.3 Å². The van der Waals surface area contributed by atoms with Gasteiger partial charge in [0.2, 0.25) is 0 Å². The number of fused-ring (bicyclic) bond motifs is 3. The first-order chi connectivity index (χ1) is 10.2. The lowest BCUT2D eigenvalue weighted by Gasteiger charge is -2.01. The Bertz CT molecular complexity index is 967. The molecule has 21 heavy (non-hydrogen) atoms. The second kappa shape index (κ2) is 4.21. The highest BCUT2D eigenvalue weighted by molar-refractivity contribution is 5.93. The Kier molecular flexibility index (Phi) is 2.35. The number of H-pyrrole nitrogens is 1. The number of nitrogens with zero attached hydrogens (tertiary/aromatic N) is 2. The molecule has 5 nitrogen and oxygen atoms in total. The number of hydrogen-bond acceptors (Lipinski definition) is 3. The molecule has 0 atom stereocenters. The van der Waals surface area contributed by atoms with Crippen molar-refractivity contribution in [2.45, 2.75) is 0 Å². The summed E-state index contributed by atoms with van der Waals surface area (Å²) in [6.45, 7) is 0. The number of hydrogen-bond donors (Lipinski definition) is 2. The maximum atomic E-state index is 12.5. The predicted molar refractivity (Wildman–Crippen MR) is 80.0 cm³/mol.